The third-order valence-electron chi connectivity index (χ3n) is 2.56. The van der Waals surface area contributed by atoms with Crippen molar-refractivity contribution in [3.63, 3.8) is 0 Å². The highest BCUT2D eigenvalue weighted by atomic mass is 32.2. The summed E-state index contributed by atoms with van der Waals surface area (Å²) in [6.45, 7) is 8.05. The second kappa shape index (κ2) is 8.70. The van der Waals surface area contributed by atoms with Crippen LogP contribution in [0.3, 0.4) is 0 Å². The van der Waals surface area contributed by atoms with Crippen molar-refractivity contribution in [3.05, 3.63) is 0 Å². The molecule has 0 fully saturated rings. The monoisotopic (exact) mass is 248 g/mol. The van der Waals surface area contributed by atoms with Gasteiger partial charge in [0.25, 0.3) is 0 Å². The normalized spacial score (nSPS) is 16.5. The first-order valence-corrected chi connectivity index (χ1v) is 7.41. The molecular weight excluding hydrogens is 224 g/mol. The van der Waals surface area contributed by atoms with Gasteiger partial charge in [-0.1, -0.05) is 20.8 Å². The zero-order chi connectivity index (χ0) is 12.6. The van der Waals surface area contributed by atoms with Crippen molar-refractivity contribution in [2.45, 2.75) is 32.4 Å². The van der Waals surface area contributed by atoms with Crippen LogP contribution in [0.15, 0.2) is 0 Å². The average molecular weight is 248 g/mol. The van der Waals surface area contributed by atoms with E-state index in [4.69, 9.17) is 0 Å². The van der Waals surface area contributed by atoms with Gasteiger partial charge in [-0.15, -0.1) is 0 Å². The van der Waals surface area contributed by atoms with Crippen molar-refractivity contribution in [1.82, 2.24) is 10.6 Å². The van der Waals surface area contributed by atoms with E-state index < -0.39 is 10.8 Å². The summed E-state index contributed by atoms with van der Waals surface area (Å²) in [5.74, 6) is 0.0532. The molecule has 0 aromatic heterocycles. The molecule has 0 aliphatic heterocycles. The summed E-state index contributed by atoms with van der Waals surface area (Å²) >= 11 is 0. The van der Waals surface area contributed by atoms with Crippen LogP contribution in [-0.4, -0.2) is 41.3 Å². The highest BCUT2D eigenvalue weighted by Gasteiger charge is 2.12. The number of nitrogens with one attached hydrogen (secondary N) is 2. The minimum Gasteiger partial charge on any atom is -0.356 e. The summed E-state index contributed by atoms with van der Waals surface area (Å²) in [6, 6.07) is 0. The van der Waals surface area contributed by atoms with Gasteiger partial charge in [-0.05, 0) is 13.0 Å². The molecule has 0 rings (SSSR count). The lowest BCUT2D eigenvalue weighted by Gasteiger charge is -2.13. The van der Waals surface area contributed by atoms with Gasteiger partial charge in [-0.25, -0.2) is 0 Å². The quantitative estimate of drug-likeness (QED) is 0.658. The molecule has 1 amide bonds. The minimum atomic E-state index is -0.804. The summed E-state index contributed by atoms with van der Waals surface area (Å²) in [5.41, 5.74) is 0. The second-order valence-corrected chi connectivity index (χ2v) is 5.90. The lowest BCUT2D eigenvalue weighted by molar-refractivity contribution is -0.124. The zero-order valence-electron chi connectivity index (χ0n) is 10.7. The third kappa shape index (κ3) is 6.95. The van der Waals surface area contributed by atoms with Crippen LogP contribution in [0.2, 0.25) is 0 Å². The maximum atomic E-state index is 11.6. The maximum absolute atomic E-state index is 11.6. The van der Waals surface area contributed by atoms with E-state index >= 15 is 0 Å². The van der Waals surface area contributed by atoms with Crippen molar-refractivity contribution >= 4 is 16.7 Å². The highest BCUT2D eigenvalue weighted by Crippen LogP contribution is 1.98. The molecule has 0 saturated heterocycles. The molecule has 3 atom stereocenters. The van der Waals surface area contributed by atoms with E-state index in [0.29, 0.717) is 13.1 Å². The SMILES string of the molecule is CCNCC(C)C(=O)NCCC(C)S(C)=O. The zero-order valence-corrected chi connectivity index (χ0v) is 11.5. The summed E-state index contributed by atoms with van der Waals surface area (Å²) in [4.78, 5) is 11.6. The molecule has 5 heteroatoms. The fraction of sp³-hybridized carbons (Fsp3) is 0.909. The molecule has 0 aliphatic carbocycles. The van der Waals surface area contributed by atoms with Gasteiger partial charge in [0.05, 0.1) is 0 Å². The fourth-order valence-electron chi connectivity index (χ4n) is 1.19. The van der Waals surface area contributed by atoms with Crippen molar-refractivity contribution in [2.75, 3.05) is 25.9 Å². The van der Waals surface area contributed by atoms with Gasteiger partial charge in [0, 0.05) is 41.3 Å². The van der Waals surface area contributed by atoms with Crippen LogP contribution >= 0.6 is 0 Å². The first-order valence-electron chi connectivity index (χ1n) is 5.79. The van der Waals surface area contributed by atoms with Crippen molar-refractivity contribution in [3.8, 4) is 0 Å². The van der Waals surface area contributed by atoms with Crippen molar-refractivity contribution in [1.29, 1.82) is 0 Å². The first kappa shape index (κ1) is 15.6. The molecule has 0 aromatic rings. The number of carbonyl (C=O) groups excluding carboxylic acids is 1. The fourth-order valence-corrected chi connectivity index (χ4v) is 1.64. The molecule has 0 saturated carbocycles. The number of carbonyl (C=O) groups is 1. The Morgan fingerprint density at radius 2 is 2.00 bits per heavy atom. The first-order chi connectivity index (χ1) is 7.49. The number of rotatable bonds is 8. The van der Waals surface area contributed by atoms with Crippen LogP contribution in [0, 0.1) is 5.92 Å². The highest BCUT2D eigenvalue weighted by molar-refractivity contribution is 7.84. The maximum Gasteiger partial charge on any atom is 0.224 e. The topological polar surface area (TPSA) is 58.2 Å². The molecule has 2 N–H and O–H groups in total. The second-order valence-electron chi connectivity index (χ2n) is 4.10. The molecule has 0 aliphatic rings. The van der Waals surface area contributed by atoms with Gasteiger partial charge in [0.1, 0.15) is 0 Å². The third-order valence-corrected chi connectivity index (χ3v) is 3.93. The number of amides is 1. The van der Waals surface area contributed by atoms with E-state index in [9.17, 15) is 9.00 Å². The molecule has 0 heterocycles. The Bertz CT molecular complexity index is 234. The minimum absolute atomic E-state index is 0.0117. The smallest absolute Gasteiger partial charge is 0.224 e. The van der Waals surface area contributed by atoms with E-state index in [1.165, 1.54) is 0 Å². The van der Waals surface area contributed by atoms with E-state index in [2.05, 4.69) is 10.6 Å². The van der Waals surface area contributed by atoms with Gasteiger partial charge in [0.2, 0.25) is 5.91 Å². The number of hydrogen-bond donors (Lipinski definition) is 2. The van der Waals surface area contributed by atoms with Gasteiger partial charge >= 0.3 is 0 Å². The van der Waals surface area contributed by atoms with Crippen LogP contribution in [0.5, 0.6) is 0 Å². The molecule has 16 heavy (non-hydrogen) atoms. The van der Waals surface area contributed by atoms with Gasteiger partial charge < -0.3 is 10.6 Å². The Morgan fingerprint density at radius 3 is 2.50 bits per heavy atom. The lowest BCUT2D eigenvalue weighted by atomic mass is 10.1. The Morgan fingerprint density at radius 1 is 1.38 bits per heavy atom. The van der Waals surface area contributed by atoms with Crippen LogP contribution in [0.4, 0.5) is 0 Å². The summed E-state index contributed by atoms with van der Waals surface area (Å²) in [7, 11) is -0.804. The molecular formula is C11H24N2O2S. The average Bonchev–Trinajstić information content (AvgIpc) is 2.25. The Balaban J connectivity index is 3.68. The van der Waals surface area contributed by atoms with E-state index in [-0.39, 0.29) is 17.1 Å². The molecule has 3 unspecified atom stereocenters. The molecule has 0 radical (unpaired) electrons. The Labute approximate surface area is 101 Å². The van der Waals surface area contributed by atoms with Gasteiger partial charge in [0.15, 0.2) is 0 Å². The van der Waals surface area contributed by atoms with Crippen LogP contribution in [0.25, 0.3) is 0 Å². The predicted molar refractivity (Wildman–Crippen MR) is 68.9 cm³/mol. The van der Waals surface area contributed by atoms with Gasteiger partial charge in [-0.2, -0.15) is 0 Å². The molecule has 0 bridgehead atoms. The summed E-state index contributed by atoms with van der Waals surface area (Å²) in [6.07, 6.45) is 2.46. The number of hydrogen-bond acceptors (Lipinski definition) is 3. The molecule has 0 spiro atoms. The standard InChI is InChI=1S/C11H24N2O2S/c1-5-12-8-9(2)11(14)13-7-6-10(3)16(4)15/h9-10,12H,5-8H2,1-4H3,(H,13,14). The van der Waals surface area contributed by atoms with Crippen LogP contribution in [0.1, 0.15) is 27.2 Å². The van der Waals surface area contributed by atoms with E-state index in [1.54, 1.807) is 6.26 Å². The predicted octanol–water partition coefficient (Wildman–Crippen LogP) is 0.505. The van der Waals surface area contributed by atoms with Crippen molar-refractivity contribution < 1.29 is 9.00 Å². The summed E-state index contributed by atoms with van der Waals surface area (Å²) < 4.78 is 11.1. The Hall–Kier alpha value is -0.420. The van der Waals surface area contributed by atoms with Crippen LogP contribution in [-0.2, 0) is 15.6 Å². The lowest BCUT2D eigenvalue weighted by Crippen LogP contribution is -2.36. The molecule has 4 nitrogen and oxygen atoms in total. The van der Waals surface area contributed by atoms with Crippen LogP contribution < -0.4 is 10.6 Å². The summed E-state index contributed by atoms with van der Waals surface area (Å²) in [5, 5.41) is 6.14. The van der Waals surface area contributed by atoms with E-state index in [0.717, 1.165) is 13.0 Å². The van der Waals surface area contributed by atoms with Crippen molar-refractivity contribution in [2.24, 2.45) is 5.92 Å². The molecule has 0 aromatic carbocycles. The largest absolute Gasteiger partial charge is 0.356 e. The molecule has 96 valence electrons. The Kier molecular flexibility index (Phi) is 8.47. The van der Waals surface area contributed by atoms with Gasteiger partial charge in [-0.3, -0.25) is 9.00 Å². The van der Waals surface area contributed by atoms with E-state index in [1.807, 2.05) is 20.8 Å².